The molecule has 100 valence electrons. The number of hydrogen-bond donors (Lipinski definition) is 2. The standard InChI is InChI=1S/C14H21NO3/c1-11(16)14(2,3)15-13(17)9-10-18-12-7-5-4-6-8-12/h4-8,11,16H,9-10H2,1-3H3,(H,15,17). The Balaban J connectivity index is 2.30. The zero-order valence-electron chi connectivity index (χ0n) is 11.1. The molecule has 2 N–H and O–H groups in total. The van der Waals surface area contributed by atoms with Crippen LogP contribution in [0.2, 0.25) is 0 Å². The van der Waals surface area contributed by atoms with Crippen LogP contribution in [0.1, 0.15) is 27.2 Å². The Morgan fingerprint density at radius 3 is 2.56 bits per heavy atom. The Morgan fingerprint density at radius 2 is 2.00 bits per heavy atom. The molecule has 18 heavy (non-hydrogen) atoms. The monoisotopic (exact) mass is 251 g/mol. The molecule has 0 heterocycles. The molecular formula is C14H21NO3. The van der Waals surface area contributed by atoms with Crippen LogP contribution in [0.15, 0.2) is 30.3 Å². The molecule has 0 saturated heterocycles. The first-order valence-electron chi connectivity index (χ1n) is 6.09. The van der Waals surface area contributed by atoms with Gasteiger partial charge in [0.2, 0.25) is 5.91 Å². The van der Waals surface area contributed by atoms with E-state index >= 15 is 0 Å². The quantitative estimate of drug-likeness (QED) is 0.809. The van der Waals surface area contributed by atoms with Gasteiger partial charge in [0.25, 0.3) is 0 Å². The van der Waals surface area contributed by atoms with E-state index in [0.29, 0.717) is 6.61 Å². The van der Waals surface area contributed by atoms with E-state index < -0.39 is 11.6 Å². The van der Waals surface area contributed by atoms with Crippen LogP contribution in [0.4, 0.5) is 0 Å². The van der Waals surface area contributed by atoms with E-state index in [9.17, 15) is 9.90 Å². The number of para-hydroxylation sites is 1. The summed E-state index contributed by atoms with van der Waals surface area (Å²) in [5.41, 5.74) is -0.621. The number of nitrogens with one attached hydrogen (secondary N) is 1. The third kappa shape index (κ3) is 4.75. The fraction of sp³-hybridized carbons (Fsp3) is 0.500. The predicted octanol–water partition coefficient (Wildman–Crippen LogP) is 1.73. The summed E-state index contributed by atoms with van der Waals surface area (Å²) in [5.74, 6) is 0.622. The maximum absolute atomic E-state index is 11.7. The van der Waals surface area contributed by atoms with Crippen LogP contribution in [-0.2, 0) is 4.79 Å². The molecule has 0 radical (unpaired) electrons. The van der Waals surface area contributed by atoms with Crippen LogP contribution in [0, 0.1) is 0 Å². The smallest absolute Gasteiger partial charge is 0.223 e. The highest BCUT2D eigenvalue weighted by Gasteiger charge is 2.25. The van der Waals surface area contributed by atoms with Crippen molar-refractivity contribution in [2.24, 2.45) is 0 Å². The van der Waals surface area contributed by atoms with Gasteiger partial charge in [-0.15, -0.1) is 0 Å². The Labute approximate surface area is 108 Å². The maximum Gasteiger partial charge on any atom is 0.223 e. The molecular weight excluding hydrogens is 230 g/mol. The van der Waals surface area contributed by atoms with Crippen molar-refractivity contribution in [2.75, 3.05) is 6.61 Å². The van der Waals surface area contributed by atoms with Crippen LogP contribution in [0.3, 0.4) is 0 Å². The molecule has 0 fully saturated rings. The molecule has 1 aromatic rings. The van der Waals surface area contributed by atoms with Crippen LogP contribution in [0.5, 0.6) is 5.75 Å². The van der Waals surface area contributed by atoms with Crippen LogP contribution < -0.4 is 10.1 Å². The highest BCUT2D eigenvalue weighted by Crippen LogP contribution is 2.10. The molecule has 1 rings (SSSR count). The SMILES string of the molecule is CC(O)C(C)(C)NC(=O)CCOc1ccccc1. The summed E-state index contributed by atoms with van der Waals surface area (Å²) >= 11 is 0. The van der Waals surface area contributed by atoms with E-state index in [-0.39, 0.29) is 12.3 Å². The lowest BCUT2D eigenvalue weighted by atomic mass is 9.99. The zero-order valence-corrected chi connectivity index (χ0v) is 11.1. The molecule has 0 aliphatic heterocycles. The van der Waals surface area contributed by atoms with E-state index in [1.54, 1.807) is 20.8 Å². The molecule has 4 nitrogen and oxygen atoms in total. The number of ether oxygens (including phenoxy) is 1. The second-order valence-corrected chi connectivity index (χ2v) is 4.86. The number of rotatable bonds is 6. The van der Waals surface area contributed by atoms with E-state index in [0.717, 1.165) is 5.75 Å². The molecule has 0 spiro atoms. The Kier molecular flexibility index (Phi) is 5.16. The molecule has 4 heteroatoms. The van der Waals surface area contributed by atoms with Crippen molar-refractivity contribution in [3.63, 3.8) is 0 Å². The van der Waals surface area contributed by atoms with Crippen molar-refractivity contribution >= 4 is 5.91 Å². The lowest BCUT2D eigenvalue weighted by molar-refractivity contribution is -0.124. The van der Waals surface area contributed by atoms with Gasteiger partial charge in [-0.2, -0.15) is 0 Å². The van der Waals surface area contributed by atoms with Gasteiger partial charge in [-0.1, -0.05) is 18.2 Å². The van der Waals surface area contributed by atoms with Gasteiger partial charge in [0, 0.05) is 0 Å². The summed E-state index contributed by atoms with van der Waals surface area (Å²) in [6.07, 6.45) is -0.332. The van der Waals surface area contributed by atoms with Crippen molar-refractivity contribution in [1.29, 1.82) is 0 Å². The predicted molar refractivity (Wildman–Crippen MR) is 70.5 cm³/mol. The average molecular weight is 251 g/mol. The maximum atomic E-state index is 11.7. The Bertz CT molecular complexity index is 374. The second kappa shape index (κ2) is 6.40. The molecule has 0 aliphatic carbocycles. The van der Waals surface area contributed by atoms with Crippen LogP contribution >= 0.6 is 0 Å². The lowest BCUT2D eigenvalue weighted by Crippen LogP contribution is -2.51. The second-order valence-electron chi connectivity index (χ2n) is 4.86. The minimum absolute atomic E-state index is 0.128. The molecule has 1 unspecified atom stereocenters. The largest absolute Gasteiger partial charge is 0.493 e. The average Bonchev–Trinajstić information content (AvgIpc) is 2.29. The van der Waals surface area contributed by atoms with Gasteiger partial charge in [0.1, 0.15) is 5.75 Å². The summed E-state index contributed by atoms with van der Waals surface area (Å²) < 4.78 is 5.43. The number of carbonyl (C=O) groups excluding carboxylic acids is 1. The molecule has 0 aromatic heterocycles. The summed E-state index contributed by atoms with van der Waals surface area (Å²) in [5, 5.41) is 12.3. The van der Waals surface area contributed by atoms with Gasteiger partial charge in [0.05, 0.1) is 24.7 Å². The first-order chi connectivity index (χ1) is 8.42. The number of aliphatic hydroxyl groups excluding tert-OH is 1. The van der Waals surface area contributed by atoms with Crippen molar-refractivity contribution in [3.8, 4) is 5.75 Å². The number of benzene rings is 1. The third-order valence-electron chi connectivity index (χ3n) is 2.85. The first-order valence-corrected chi connectivity index (χ1v) is 6.09. The van der Waals surface area contributed by atoms with E-state index in [2.05, 4.69) is 5.32 Å². The number of amides is 1. The van der Waals surface area contributed by atoms with E-state index in [1.807, 2.05) is 30.3 Å². The Hall–Kier alpha value is -1.55. The normalized spacial score (nSPS) is 12.9. The molecule has 0 saturated carbocycles. The lowest BCUT2D eigenvalue weighted by Gasteiger charge is -2.29. The minimum Gasteiger partial charge on any atom is -0.493 e. The third-order valence-corrected chi connectivity index (χ3v) is 2.85. The number of carbonyl (C=O) groups is 1. The summed E-state index contributed by atoms with van der Waals surface area (Å²) in [7, 11) is 0. The zero-order chi connectivity index (χ0) is 13.6. The first kappa shape index (κ1) is 14.5. The minimum atomic E-state index is -0.621. The topological polar surface area (TPSA) is 58.6 Å². The molecule has 1 atom stereocenters. The van der Waals surface area contributed by atoms with Crippen LogP contribution in [0.25, 0.3) is 0 Å². The van der Waals surface area contributed by atoms with Gasteiger partial charge < -0.3 is 15.2 Å². The molecule has 1 aromatic carbocycles. The Morgan fingerprint density at radius 1 is 1.39 bits per heavy atom. The molecule has 0 aliphatic rings. The highest BCUT2D eigenvalue weighted by atomic mass is 16.5. The van der Waals surface area contributed by atoms with Crippen molar-refractivity contribution < 1.29 is 14.6 Å². The summed E-state index contributed by atoms with van der Waals surface area (Å²) in [6, 6.07) is 9.36. The highest BCUT2D eigenvalue weighted by molar-refractivity contribution is 5.76. The van der Waals surface area contributed by atoms with E-state index in [4.69, 9.17) is 4.74 Å². The van der Waals surface area contributed by atoms with Gasteiger partial charge in [0.15, 0.2) is 0 Å². The number of hydrogen-bond acceptors (Lipinski definition) is 3. The van der Waals surface area contributed by atoms with E-state index in [1.165, 1.54) is 0 Å². The van der Waals surface area contributed by atoms with Crippen molar-refractivity contribution in [3.05, 3.63) is 30.3 Å². The van der Waals surface area contributed by atoms with Gasteiger partial charge in [-0.25, -0.2) is 0 Å². The van der Waals surface area contributed by atoms with Gasteiger partial charge >= 0.3 is 0 Å². The molecule has 1 amide bonds. The van der Waals surface area contributed by atoms with Gasteiger partial charge in [-0.05, 0) is 32.9 Å². The van der Waals surface area contributed by atoms with Gasteiger partial charge in [-0.3, -0.25) is 4.79 Å². The summed E-state index contributed by atoms with van der Waals surface area (Å²) in [4.78, 5) is 11.7. The van der Waals surface area contributed by atoms with Crippen molar-refractivity contribution in [1.82, 2.24) is 5.32 Å². The molecule has 0 bridgehead atoms. The fourth-order valence-electron chi connectivity index (χ4n) is 1.30. The summed E-state index contributed by atoms with van der Waals surface area (Å²) in [6.45, 7) is 5.55. The van der Waals surface area contributed by atoms with Crippen LogP contribution in [-0.4, -0.2) is 29.3 Å². The van der Waals surface area contributed by atoms with Crippen molar-refractivity contribution in [2.45, 2.75) is 38.8 Å². The fourth-order valence-corrected chi connectivity index (χ4v) is 1.30. The number of aliphatic hydroxyl groups is 1.